The number of amides is 1. The molecule has 1 aliphatic carbocycles. The second kappa shape index (κ2) is 7.04. The Kier molecular flexibility index (Phi) is 4.78. The average molecular weight is 343 g/mol. The molecule has 1 aromatic rings. The molecule has 136 valence electrons. The zero-order chi connectivity index (χ0) is 17.4. The first-order valence-electron chi connectivity index (χ1n) is 9.70. The van der Waals surface area contributed by atoms with Crippen LogP contribution < -0.4 is 0 Å². The highest BCUT2D eigenvalue weighted by atomic mass is 16.5. The molecule has 4 rings (SSSR count). The van der Waals surface area contributed by atoms with E-state index in [1.54, 1.807) is 6.20 Å². The van der Waals surface area contributed by atoms with Gasteiger partial charge < -0.3 is 9.64 Å². The third kappa shape index (κ3) is 3.72. The van der Waals surface area contributed by atoms with Crippen molar-refractivity contribution in [2.75, 3.05) is 26.2 Å². The Morgan fingerprint density at radius 3 is 2.84 bits per heavy atom. The van der Waals surface area contributed by atoms with Crippen molar-refractivity contribution in [1.82, 2.24) is 14.8 Å². The summed E-state index contributed by atoms with van der Waals surface area (Å²) in [6.07, 6.45) is 7.53. The Hall–Kier alpha value is -1.46. The molecular formula is C20H29N3O2. The maximum absolute atomic E-state index is 13.0. The SMILES string of the molecule is C[C@@H]1CN(C[C@@H]2CCCN2C(=O)[C@@H]2C[C@H]2c2cccnc2)C[C@@H](C)O1. The number of pyridine rings is 1. The lowest BCUT2D eigenvalue weighted by atomic mass is 10.1. The van der Waals surface area contributed by atoms with Crippen LogP contribution in [0.5, 0.6) is 0 Å². The molecule has 0 bridgehead atoms. The molecule has 0 aromatic carbocycles. The molecule has 3 heterocycles. The number of nitrogens with zero attached hydrogens (tertiary/aromatic N) is 3. The zero-order valence-electron chi connectivity index (χ0n) is 15.3. The fourth-order valence-electron chi connectivity index (χ4n) is 4.69. The van der Waals surface area contributed by atoms with E-state index in [1.165, 1.54) is 5.56 Å². The lowest BCUT2D eigenvalue weighted by Crippen LogP contribution is -2.51. The third-order valence-electron chi connectivity index (χ3n) is 5.84. The van der Waals surface area contributed by atoms with Gasteiger partial charge in [0, 0.05) is 50.5 Å². The Labute approximate surface area is 150 Å². The van der Waals surface area contributed by atoms with Crippen molar-refractivity contribution in [3.05, 3.63) is 30.1 Å². The number of likely N-dealkylation sites (tertiary alicyclic amines) is 1. The first kappa shape index (κ1) is 17.0. The standard InChI is InChI=1S/C20H29N3O2/c1-14-11-22(12-15(2)25-14)13-17-6-4-8-23(17)20(24)19-9-18(19)16-5-3-7-21-10-16/h3,5,7,10,14-15,17-19H,4,6,8-9,11-13H2,1-2H3/t14-,15-,17+,18+,19-/m1/s1. The maximum Gasteiger partial charge on any atom is 0.226 e. The van der Waals surface area contributed by atoms with Gasteiger partial charge in [0.25, 0.3) is 0 Å². The second-order valence-electron chi connectivity index (χ2n) is 8.04. The smallest absolute Gasteiger partial charge is 0.226 e. The molecule has 0 radical (unpaired) electrons. The highest BCUT2D eigenvalue weighted by Crippen LogP contribution is 2.48. The topological polar surface area (TPSA) is 45.7 Å². The van der Waals surface area contributed by atoms with Crippen molar-refractivity contribution < 1.29 is 9.53 Å². The monoisotopic (exact) mass is 343 g/mol. The summed E-state index contributed by atoms with van der Waals surface area (Å²) in [7, 11) is 0. The van der Waals surface area contributed by atoms with E-state index in [2.05, 4.69) is 34.7 Å². The predicted molar refractivity (Wildman–Crippen MR) is 96.3 cm³/mol. The Morgan fingerprint density at radius 2 is 2.12 bits per heavy atom. The number of carbonyl (C=O) groups is 1. The highest BCUT2D eigenvalue weighted by molar-refractivity contribution is 5.83. The van der Waals surface area contributed by atoms with Crippen LogP contribution in [0.25, 0.3) is 0 Å². The first-order chi connectivity index (χ1) is 12.1. The molecule has 2 saturated heterocycles. The van der Waals surface area contributed by atoms with Gasteiger partial charge >= 0.3 is 0 Å². The second-order valence-corrected chi connectivity index (χ2v) is 8.04. The Morgan fingerprint density at radius 1 is 1.32 bits per heavy atom. The zero-order valence-corrected chi connectivity index (χ0v) is 15.3. The quantitative estimate of drug-likeness (QED) is 0.841. The van der Waals surface area contributed by atoms with Gasteiger partial charge in [0.15, 0.2) is 0 Å². The van der Waals surface area contributed by atoms with Crippen LogP contribution in [0, 0.1) is 5.92 Å². The average Bonchev–Trinajstić information content (AvgIpc) is 3.26. The molecule has 2 aliphatic heterocycles. The van der Waals surface area contributed by atoms with E-state index in [9.17, 15) is 4.79 Å². The van der Waals surface area contributed by atoms with Crippen molar-refractivity contribution in [3.8, 4) is 0 Å². The van der Waals surface area contributed by atoms with Crippen molar-refractivity contribution in [2.45, 2.75) is 57.3 Å². The third-order valence-corrected chi connectivity index (χ3v) is 5.84. The number of hydrogen-bond donors (Lipinski definition) is 0. The van der Waals surface area contributed by atoms with Gasteiger partial charge in [-0.1, -0.05) is 6.07 Å². The van der Waals surface area contributed by atoms with Crippen LogP contribution in [0.1, 0.15) is 44.6 Å². The maximum atomic E-state index is 13.0. The van der Waals surface area contributed by atoms with Crippen LogP contribution in [-0.2, 0) is 9.53 Å². The van der Waals surface area contributed by atoms with Crippen molar-refractivity contribution in [1.29, 1.82) is 0 Å². The summed E-state index contributed by atoms with van der Waals surface area (Å²) in [4.78, 5) is 21.9. The van der Waals surface area contributed by atoms with Gasteiger partial charge in [-0.15, -0.1) is 0 Å². The molecule has 3 fully saturated rings. The van der Waals surface area contributed by atoms with Gasteiger partial charge in [-0.25, -0.2) is 0 Å². The summed E-state index contributed by atoms with van der Waals surface area (Å²) < 4.78 is 5.84. The van der Waals surface area contributed by atoms with E-state index in [-0.39, 0.29) is 18.1 Å². The van der Waals surface area contributed by atoms with Crippen LogP contribution in [-0.4, -0.2) is 65.1 Å². The summed E-state index contributed by atoms with van der Waals surface area (Å²) in [6, 6.07) is 4.44. The van der Waals surface area contributed by atoms with Crippen molar-refractivity contribution in [2.24, 2.45) is 5.92 Å². The lowest BCUT2D eigenvalue weighted by molar-refractivity contribution is -0.134. The number of ether oxygens (including phenoxy) is 1. The molecule has 5 atom stereocenters. The van der Waals surface area contributed by atoms with Gasteiger partial charge in [0.1, 0.15) is 0 Å². The number of carbonyl (C=O) groups excluding carboxylic acids is 1. The number of morpholine rings is 1. The molecule has 0 N–H and O–H groups in total. The van der Waals surface area contributed by atoms with E-state index in [0.717, 1.165) is 45.4 Å². The van der Waals surface area contributed by atoms with Gasteiger partial charge in [0.2, 0.25) is 5.91 Å². The minimum Gasteiger partial charge on any atom is -0.373 e. The van der Waals surface area contributed by atoms with Crippen molar-refractivity contribution >= 4 is 5.91 Å². The van der Waals surface area contributed by atoms with Gasteiger partial charge in [-0.3, -0.25) is 14.7 Å². The fraction of sp³-hybridized carbons (Fsp3) is 0.700. The molecule has 3 aliphatic rings. The lowest BCUT2D eigenvalue weighted by Gasteiger charge is -2.38. The van der Waals surface area contributed by atoms with E-state index in [0.29, 0.717) is 17.9 Å². The molecule has 5 heteroatoms. The summed E-state index contributed by atoms with van der Waals surface area (Å²) in [5, 5.41) is 0. The molecule has 0 unspecified atom stereocenters. The molecular weight excluding hydrogens is 314 g/mol. The van der Waals surface area contributed by atoms with Crippen LogP contribution in [0.15, 0.2) is 24.5 Å². The van der Waals surface area contributed by atoms with Gasteiger partial charge in [0.05, 0.1) is 12.2 Å². The Balaban J connectivity index is 1.36. The van der Waals surface area contributed by atoms with E-state index in [4.69, 9.17) is 4.74 Å². The molecule has 1 amide bonds. The van der Waals surface area contributed by atoms with E-state index >= 15 is 0 Å². The van der Waals surface area contributed by atoms with Gasteiger partial charge in [-0.05, 0) is 50.7 Å². The van der Waals surface area contributed by atoms with Crippen molar-refractivity contribution in [3.63, 3.8) is 0 Å². The normalized spacial score (nSPS) is 35.8. The predicted octanol–water partition coefficient (Wildman–Crippen LogP) is 2.29. The molecule has 25 heavy (non-hydrogen) atoms. The minimum absolute atomic E-state index is 0.173. The molecule has 1 aromatic heterocycles. The van der Waals surface area contributed by atoms with Crippen LogP contribution in [0.2, 0.25) is 0 Å². The highest BCUT2D eigenvalue weighted by Gasteiger charge is 2.47. The van der Waals surface area contributed by atoms with Gasteiger partial charge in [-0.2, -0.15) is 0 Å². The van der Waals surface area contributed by atoms with Crippen LogP contribution >= 0.6 is 0 Å². The number of hydrogen-bond acceptors (Lipinski definition) is 4. The summed E-state index contributed by atoms with van der Waals surface area (Å²) in [5.41, 5.74) is 1.22. The largest absolute Gasteiger partial charge is 0.373 e. The summed E-state index contributed by atoms with van der Waals surface area (Å²) in [6.45, 7) is 8.16. The molecule has 1 saturated carbocycles. The number of aromatic nitrogens is 1. The van der Waals surface area contributed by atoms with Crippen LogP contribution in [0.4, 0.5) is 0 Å². The summed E-state index contributed by atoms with van der Waals surface area (Å²) >= 11 is 0. The van der Waals surface area contributed by atoms with Crippen LogP contribution in [0.3, 0.4) is 0 Å². The molecule has 5 nitrogen and oxygen atoms in total. The number of rotatable bonds is 4. The fourth-order valence-corrected chi connectivity index (χ4v) is 4.69. The minimum atomic E-state index is 0.173. The Bertz CT molecular complexity index is 598. The summed E-state index contributed by atoms with van der Waals surface area (Å²) in [5.74, 6) is 0.920. The first-order valence-corrected chi connectivity index (χ1v) is 9.70. The molecule has 0 spiro atoms. The van der Waals surface area contributed by atoms with E-state index in [1.807, 2.05) is 12.3 Å². The van der Waals surface area contributed by atoms with E-state index < -0.39 is 0 Å².